The molecule has 0 spiro atoms. The second kappa shape index (κ2) is 8.40. The molecule has 27 heavy (non-hydrogen) atoms. The van der Waals surface area contributed by atoms with Crippen molar-refractivity contribution in [2.75, 3.05) is 13.7 Å². The van der Waals surface area contributed by atoms with E-state index in [2.05, 4.69) is 9.98 Å². The first kappa shape index (κ1) is 18.5. The van der Waals surface area contributed by atoms with Gasteiger partial charge in [0.05, 0.1) is 13.7 Å². The number of aliphatic imine (C=N–C) groups is 1. The number of aromatic amines is 1. The van der Waals surface area contributed by atoms with Crippen LogP contribution < -0.4 is 4.74 Å². The van der Waals surface area contributed by atoms with Crippen LogP contribution in [0, 0.1) is 0 Å². The lowest BCUT2D eigenvalue weighted by Crippen LogP contribution is -2.23. The van der Waals surface area contributed by atoms with Crippen LogP contribution in [0.3, 0.4) is 0 Å². The minimum absolute atomic E-state index is 0.00110. The molecule has 3 aromatic rings. The van der Waals surface area contributed by atoms with Gasteiger partial charge in [-0.2, -0.15) is 0 Å². The predicted molar refractivity (Wildman–Crippen MR) is 105 cm³/mol. The number of benzene rings is 2. The van der Waals surface area contributed by atoms with Crippen LogP contribution in [-0.2, 0) is 16.0 Å². The van der Waals surface area contributed by atoms with Gasteiger partial charge in [0.15, 0.2) is 17.5 Å². The molecular formula is C21H22N2O4. The number of fused-ring (bicyclic) bond motifs is 1. The lowest BCUT2D eigenvalue weighted by atomic mass is 10.1. The SMILES string of the molecule is CCOc1cccc(C=N[C@H](Cc2c[nH]c3ccccc23)C(=O)OC)c1O. The Morgan fingerprint density at radius 3 is 2.85 bits per heavy atom. The van der Waals surface area contributed by atoms with E-state index < -0.39 is 12.0 Å². The van der Waals surface area contributed by atoms with Gasteiger partial charge in [-0.05, 0) is 30.7 Å². The zero-order valence-corrected chi connectivity index (χ0v) is 15.3. The van der Waals surface area contributed by atoms with Gasteiger partial charge in [0, 0.05) is 35.3 Å². The minimum atomic E-state index is -0.718. The van der Waals surface area contributed by atoms with Crippen molar-refractivity contribution in [1.29, 1.82) is 0 Å². The number of aromatic nitrogens is 1. The smallest absolute Gasteiger partial charge is 0.330 e. The fourth-order valence-corrected chi connectivity index (χ4v) is 2.93. The topological polar surface area (TPSA) is 83.9 Å². The van der Waals surface area contributed by atoms with Gasteiger partial charge in [0.2, 0.25) is 0 Å². The van der Waals surface area contributed by atoms with Crippen molar-refractivity contribution in [3.05, 3.63) is 59.8 Å². The number of phenols is 1. The number of rotatable bonds is 7. The van der Waals surface area contributed by atoms with E-state index in [9.17, 15) is 9.90 Å². The molecule has 0 bridgehead atoms. The average Bonchev–Trinajstić information content (AvgIpc) is 3.10. The molecule has 0 unspecified atom stereocenters. The average molecular weight is 366 g/mol. The van der Waals surface area contributed by atoms with Gasteiger partial charge in [0.1, 0.15) is 0 Å². The van der Waals surface area contributed by atoms with Crippen LogP contribution >= 0.6 is 0 Å². The molecule has 0 aliphatic carbocycles. The summed E-state index contributed by atoms with van der Waals surface area (Å²) < 4.78 is 10.3. The summed E-state index contributed by atoms with van der Waals surface area (Å²) in [5, 5.41) is 11.3. The zero-order chi connectivity index (χ0) is 19.2. The van der Waals surface area contributed by atoms with Gasteiger partial charge in [-0.25, -0.2) is 4.79 Å². The Morgan fingerprint density at radius 1 is 1.26 bits per heavy atom. The Kier molecular flexibility index (Phi) is 5.76. The second-order valence-electron chi connectivity index (χ2n) is 6.01. The van der Waals surface area contributed by atoms with Crippen molar-refractivity contribution in [1.82, 2.24) is 4.98 Å². The Bertz CT molecular complexity index is 962. The maximum absolute atomic E-state index is 12.2. The fourth-order valence-electron chi connectivity index (χ4n) is 2.93. The summed E-state index contributed by atoms with van der Waals surface area (Å²) in [6, 6.07) is 12.3. The van der Waals surface area contributed by atoms with E-state index in [4.69, 9.17) is 9.47 Å². The first-order valence-corrected chi connectivity index (χ1v) is 8.74. The molecule has 2 aromatic carbocycles. The van der Waals surface area contributed by atoms with Crippen molar-refractivity contribution in [3.8, 4) is 11.5 Å². The molecule has 0 saturated carbocycles. The lowest BCUT2D eigenvalue weighted by Gasteiger charge is -2.11. The maximum Gasteiger partial charge on any atom is 0.330 e. The number of aromatic hydroxyl groups is 1. The van der Waals surface area contributed by atoms with E-state index in [0.29, 0.717) is 24.3 Å². The number of nitrogens with zero attached hydrogens (tertiary/aromatic N) is 1. The van der Waals surface area contributed by atoms with Gasteiger partial charge >= 0.3 is 5.97 Å². The van der Waals surface area contributed by atoms with E-state index in [1.54, 1.807) is 18.2 Å². The summed E-state index contributed by atoms with van der Waals surface area (Å²) in [6.45, 7) is 2.29. The highest BCUT2D eigenvalue weighted by Crippen LogP contribution is 2.29. The van der Waals surface area contributed by atoms with Crippen LogP contribution in [0.2, 0.25) is 0 Å². The molecular weight excluding hydrogens is 344 g/mol. The summed E-state index contributed by atoms with van der Waals surface area (Å²) in [4.78, 5) is 19.8. The maximum atomic E-state index is 12.2. The van der Waals surface area contributed by atoms with Crippen molar-refractivity contribution in [2.45, 2.75) is 19.4 Å². The third kappa shape index (κ3) is 4.11. The summed E-state index contributed by atoms with van der Waals surface area (Å²) in [5.74, 6) is -0.0523. The number of carbonyl (C=O) groups excluding carboxylic acids is 1. The monoisotopic (exact) mass is 366 g/mol. The predicted octanol–water partition coefficient (Wildman–Crippen LogP) is 3.48. The van der Waals surface area contributed by atoms with Crippen molar-refractivity contribution >= 4 is 23.1 Å². The number of para-hydroxylation sites is 2. The molecule has 0 aliphatic heterocycles. The Balaban J connectivity index is 1.87. The molecule has 0 radical (unpaired) electrons. The van der Waals surface area contributed by atoms with Gasteiger partial charge in [0.25, 0.3) is 0 Å². The first-order chi connectivity index (χ1) is 13.1. The number of esters is 1. The fraction of sp³-hybridized carbons (Fsp3) is 0.238. The Labute approximate surface area is 157 Å². The highest BCUT2D eigenvalue weighted by molar-refractivity contribution is 5.88. The minimum Gasteiger partial charge on any atom is -0.504 e. The lowest BCUT2D eigenvalue weighted by molar-refractivity contribution is -0.142. The summed E-state index contributed by atoms with van der Waals surface area (Å²) >= 11 is 0. The summed E-state index contributed by atoms with van der Waals surface area (Å²) in [6.07, 6.45) is 3.75. The number of ether oxygens (including phenoxy) is 2. The van der Waals surface area contributed by atoms with E-state index in [0.717, 1.165) is 16.5 Å². The third-order valence-corrected chi connectivity index (χ3v) is 4.29. The van der Waals surface area contributed by atoms with E-state index >= 15 is 0 Å². The Hall–Kier alpha value is -3.28. The molecule has 1 heterocycles. The van der Waals surface area contributed by atoms with Crippen LogP contribution in [0.5, 0.6) is 11.5 Å². The highest BCUT2D eigenvalue weighted by Gasteiger charge is 2.20. The van der Waals surface area contributed by atoms with E-state index in [1.807, 2.05) is 37.4 Å². The van der Waals surface area contributed by atoms with Crippen LogP contribution in [0.15, 0.2) is 53.7 Å². The van der Waals surface area contributed by atoms with Crippen LogP contribution in [-0.4, -0.2) is 42.0 Å². The summed E-state index contributed by atoms with van der Waals surface area (Å²) in [7, 11) is 1.34. The molecule has 0 amide bonds. The molecule has 2 N–H and O–H groups in total. The standard InChI is InChI=1S/C21H22N2O4/c1-3-27-19-10-6-7-14(20(19)24)12-23-18(21(25)26-2)11-15-13-22-17-9-5-4-8-16(15)17/h4-10,12-13,18,22,24H,3,11H2,1-2H3/t18-/m1/s1. The van der Waals surface area contributed by atoms with Crippen molar-refractivity contribution in [2.24, 2.45) is 4.99 Å². The number of H-pyrrole nitrogens is 1. The van der Waals surface area contributed by atoms with Crippen LogP contribution in [0.4, 0.5) is 0 Å². The number of hydrogen-bond acceptors (Lipinski definition) is 5. The van der Waals surface area contributed by atoms with Crippen LogP contribution in [0.1, 0.15) is 18.1 Å². The molecule has 0 aliphatic rings. The molecule has 3 rings (SSSR count). The third-order valence-electron chi connectivity index (χ3n) is 4.29. The quantitative estimate of drug-likeness (QED) is 0.495. The second-order valence-corrected chi connectivity index (χ2v) is 6.01. The molecule has 0 saturated heterocycles. The first-order valence-electron chi connectivity index (χ1n) is 8.74. The van der Waals surface area contributed by atoms with Gasteiger partial charge in [-0.3, -0.25) is 4.99 Å². The largest absolute Gasteiger partial charge is 0.504 e. The number of hydrogen-bond donors (Lipinski definition) is 2. The van der Waals surface area contributed by atoms with Gasteiger partial charge < -0.3 is 19.6 Å². The normalized spacial score (nSPS) is 12.4. The number of carbonyl (C=O) groups is 1. The van der Waals surface area contributed by atoms with Crippen LogP contribution in [0.25, 0.3) is 10.9 Å². The van der Waals surface area contributed by atoms with E-state index in [-0.39, 0.29) is 5.75 Å². The van der Waals surface area contributed by atoms with Gasteiger partial charge in [-0.1, -0.05) is 24.3 Å². The summed E-state index contributed by atoms with van der Waals surface area (Å²) in [5.41, 5.74) is 2.46. The molecule has 1 atom stereocenters. The van der Waals surface area contributed by atoms with E-state index in [1.165, 1.54) is 13.3 Å². The number of methoxy groups -OCH3 is 1. The molecule has 0 fully saturated rings. The zero-order valence-electron chi connectivity index (χ0n) is 15.3. The van der Waals surface area contributed by atoms with Crippen molar-refractivity contribution in [3.63, 3.8) is 0 Å². The molecule has 6 nitrogen and oxygen atoms in total. The number of nitrogens with one attached hydrogen (secondary N) is 1. The molecule has 140 valence electrons. The molecule has 6 heteroatoms. The number of phenolic OH excluding ortho intramolecular Hbond substituents is 1. The van der Waals surface area contributed by atoms with Gasteiger partial charge in [-0.15, -0.1) is 0 Å². The Morgan fingerprint density at radius 2 is 2.07 bits per heavy atom. The highest BCUT2D eigenvalue weighted by atomic mass is 16.5. The van der Waals surface area contributed by atoms with Crippen molar-refractivity contribution < 1.29 is 19.4 Å². The molecule has 1 aromatic heterocycles.